The fourth-order valence-electron chi connectivity index (χ4n) is 0.250. The Morgan fingerprint density at radius 2 is 1.30 bits per heavy atom. The van der Waals surface area contributed by atoms with Gasteiger partial charge in [-0.3, -0.25) is 0 Å². The lowest BCUT2D eigenvalue weighted by Gasteiger charge is -2.24. The molecule has 0 aliphatic rings. The third-order valence-corrected chi connectivity index (χ3v) is 1.62. The van der Waals surface area contributed by atoms with Gasteiger partial charge in [-0.25, -0.2) is 0 Å². The van der Waals surface area contributed by atoms with Crippen LogP contribution in [0.25, 0.3) is 0 Å². The van der Waals surface area contributed by atoms with Crippen molar-refractivity contribution in [1.29, 1.82) is 0 Å². The van der Waals surface area contributed by atoms with Crippen LogP contribution in [0.2, 0.25) is 0 Å². The normalized spacial score (nSPS) is 13.8. The zero-order chi connectivity index (χ0) is 8.41. The van der Waals surface area contributed by atoms with Crippen LogP contribution in [0, 0.1) is 0 Å². The first-order valence-electron chi connectivity index (χ1n) is 3.57. The molecule has 62 valence electrons. The van der Waals surface area contributed by atoms with E-state index in [2.05, 4.69) is 41.5 Å². The van der Waals surface area contributed by atoms with Gasteiger partial charge in [-0.05, 0) is 53.6 Å². The van der Waals surface area contributed by atoms with Gasteiger partial charge >= 0.3 is 0 Å². The molecule has 0 aliphatic heterocycles. The highest BCUT2D eigenvalue weighted by Crippen LogP contribution is 2.28. The van der Waals surface area contributed by atoms with Crippen LogP contribution in [-0.2, 0) is 4.18 Å². The predicted molar refractivity (Wildman–Crippen MR) is 48.2 cm³/mol. The van der Waals surface area contributed by atoms with Gasteiger partial charge in [0.05, 0.1) is 5.60 Å². The molecule has 0 unspecified atom stereocenters. The second-order valence-corrected chi connectivity index (χ2v) is 5.95. The van der Waals surface area contributed by atoms with E-state index in [9.17, 15) is 0 Å². The highest BCUT2D eigenvalue weighted by molar-refractivity contribution is 7.96. The summed E-state index contributed by atoms with van der Waals surface area (Å²) in [5.41, 5.74) is -0.0298. The molecule has 0 saturated heterocycles. The molecule has 0 amide bonds. The lowest BCUT2D eigenvalue weighted by atomic mass is 10.2. The molecule has 0 aliphatic carbocycles. The summed E-state index contributed by atoms with van der Waals surface area (Å²) in [5.74, 6) is 0. The summed E-state index contributed by atoms with van der Waals surface area (Å²) in [7, 11) is 0. The van der Waals surface area contributed by atoms with Gasteiger partial charge in [-0.2, -0.15) is 0 Å². The van der Waals surface area contributed by atoms with Crippen LogP contribution in [0.4, 0.5) is 0 Å². The quantitative estimate of drug-likeness (QED) is 0.547. The summed E-state index contributed by atoms with van der Waals surface area (Å²) in [6, 6.07) is 0. The molecule has 0 bridgehead atoms. The van der Waals surface area contributed by atoms with Crippen molar-refractivity contribution < 1.29 is 4.18 Å². The number of hydrogen-bond acceptors (Lipinski definition) is 2. The minimum absolute atomic E-state index is 0.0298. The first-order chi connectivity index (χ1) is 4.21. The molecule has 0 aromatic carbocycles. The SMILES string of the molecule is CC(C)(C)OSC(C)(C)C. The van der Waals surface area contributed by atoms with E-state index in [0.29, 0.717) is 0 Å². The van der Waals surface area contributed by atoms with Crippen molar-refractivity contribution in [2.45, 2.75) is 51.9 Å². The Hall–Kier alpha value is 0.310. The van der Waals surface area contributed by atoms with Crippen molar-refractivity contribution in [2.24, 2.45) is 0 Å². The Labute approximate surface area is 68.7 Å². The summed E-state index contributed by atoms with van der Waals surface area (Å²) >= 11 is 1.54. The number of rotatable bonds is 1. The molecule has 0 saturated carbocycles. The van der Waals surface area contributed by atoms with Gasteiger partial charge in [-0.1, -0.05) is 0 Å². The summed E-state index contributed by atoms with van der Waals surface area (Å²) in [6.07, 6.45) is 0. The molecule has 0 fully saturated rings. The molecule has 0 rings (SSSR count). The van der Waals surface area contributed by atoms with Gasteiger partial charge in [0.2, 0.25) is 0 Å². The molecule has 10 heavy (non-hydrogen) atoms. The molecule has 2 heteroatoms. The van der Waals surface area contributed by atoms with E-state index in [0.717, 1.165) is 0 Å². The Kier molecular flexibility index (Phi) is 3.24. The van der Waals surface area contributed by atoms with E-state index >= 15 is 0 Å². The predicted octanol–water partition coefficient (Wildman–Crippen LogP) is 3.25. The van der Waals surface area contributed by atoms with Gasteiger partial charge < -0.3 is 4.18 Å². The molecule has 0 spiro atoms. The maximum atomic E-state index is 5.51. The molecule has 0 aromatic rings. The van der Waals surface area contributed by atoms with Gasteiger partial charge in [0.1, 0.15) is 0 Å². The molecular weight excluding hydrogens is 144 g/mol. The van der Waals surface area contributed by atoms with Crippen LogP contribution in [0.15, 0.2) is 0 Å². The van der Waals surface area contributed by atoms with Crippen LogP contribution in [0.3, 0.4) is 0 Å². The van der Waals surface area contributed by atoms with Crippen molar-refractivity contribution in [3.05, 3.63) is 0 Å². The van der Waals surface area contributed by atoms with Gasteiger partial charge in [0, 0.05) is 4.75 Å². The summed E-state index contributed by atoms with van der Waals surface area (Å²) in [5, 5.41) is 0. The maximum absolute atomic E-state index is 5.51. The Morgan fingerprint density at radius 1 is 0.900 bits per heavy atom. The summed E-state index contributed by atoms with van der Waals surface area (Å²) in [4.78, 5) is 0. The highest BCUT2D eigenvalue weighted by atomic mass is 32.2. The molecule has 0 aromatic heterocycles. The zero-order valence-corrected chi connectivity index (χ0v) is 8.63. The van der Waals surface area contributed by atoms with E-state index in [4.69, 9.17) is 4.18 Å². The van der Waals surface area contributed by atoms with Gasteiger partial charge in [0.25, 0.3) is 0 Å². The summed E-state index contributed by atoms with van der Waals surface area (Å²) in [6.45, 7) is 12.6. The highest BCUT2D eigenvalue weighted by Gasteiger charge is 2.18. The van der Waals surface area contributed by atoms with E-state index < -0.39 is 0 Å². The fourth-order valence-corrected chi connectivity index (χ4v) is 0.750. The van der Waals surface area contributed by atoms with E-state index in [1.54, 1.807) is 12.0 Å². The minimum Gasteiger partial charge on any atom is -0.309 e. The fraction of sp³-hybridized carbons (Fsp3) is 1.00. The molecule has 0 heterocycles. The lowest BCUT2D eigenvalue weighted by molar-refractivity contribution is 0.161. The van der Waals surface area contributed by atoms with Crippen LogP contribution >= 0.6 is 12.0 Å². The lowest BCUT2D eigenvalue weighted by Crippen LogP contribution is -2.19. The van der Waals surface area contributed by atoms with Crippen molar-refractivity contribution in [3.8, 4) is 0 Å². The first kappa shape index (κ1) is 10.3. The first-order valence-corrected chi connectivity index (χ1v) is 4.32. The van der Waals surface area contributed by atoms with Crippen molar-refractivity contribution in [2.75, 3.05) is 0 Å². The minimum atomic E-state index is -0.0298. The summed E-state index contributed by atoms with van der Waals surface area (Å²) < 4.78 is 5.71. The standard InChI is InChI=1S/C8H18OS/c1-7(2,3)9-10-8(4,5)6/h1-6H3. The largest absolute Gasteiger partial charge is 0.309 e. The molecule has 0 N–H and O–H groups in total. The Morgan fingerprint density at radius 3 is 1.40 bits per heavy atom. The van der Waals surface area contributed by atoms with E-state index in [-0.39, 0.29) is 10.3 Å². The smallest absolute Gasteiger partial charge is 0.0745 e. The monoisotopic (exact) mass is 162 g/mol. The second-order valence-electron chi connectivity index (χ2n) is 4.39. The van der Waals surface area contributed by atoms with Gasteiger partial charge in [-0.15, -0.1) is 0 Å². The molecule has 0 radical (unpaired) electrons. The van der Waals surface area contributed by atoms with E-state index in [1.807, 2.05) is 0 Å². The third-order valence-electron chi connectivity index (χ3n) is 0.542. The molecule has 1 nitrogen and oxygen atoms in total. The second kappa shape index (κ2) is 3.14. The topological polar surface area (TPSA) is 9.23 Å². The Bertz CT molecular complexity index is 82.8. The molecule has 0 atom stereocenters. The zero-order valence-electron chi connectivity index (χ0n) is 7.82. The van der Waals surface area contributed by atoms with Gasteiger partial charge in [0.15, 0.2) is 0 Å². The average Bonchev–Trinajstić information content (AvgIpc) is 1.57. The van der Waals surface area contributed by atoms with Crippen LogP contribution in [-0.4, -0.2) is 10.3 Å². The average molecular weight is 162 g/mol. The molecular formula is C8H18OS. The maximum Gasteiger partial charge on any atom is 0.0745 e. The van der Waals surface area contributed by atoms with Crippen LogP contribution in [0.1, 0.15) is 41.5 Å². The van der Waals surface area contributed by atoms with E-state index in [1.165, 1.54) is 0 Å². The van der Waals surface area contributed by atoms with Crippen molar-refractivity contribution >= 4 is 12.0 Å². The van der Waals surface area contributed by atoms with Crippen LogP contribution in [0.5, 0.6) is 0 Å². The van der Waals surface area contributed by atoms with Crippen molar-refractivity contribution in [1.82, 2.24) is 0 Å². The van der Waals surface area contributed by atoms with Crippen LogP contribution < -0.4 is 0 Å². The Balaban J connectivity index is 3.56. The number of hydrogen-bond donors (Lipinski definition) is 0. The van der Waals surface area contributed by atoms with Crippen molar-refractivity contribution in [3.63, 3.8) is 0 Å². The third kappa shape index (κ3) is 8.31.